The molecule has 106 valence electrons. The minimum atomic E-state index is -0.445. The molecular weight excluding hydrogens is 269 g/mol. The SMILES string of the molecule is COc1ccc(/C=C2/C(=O)N(C)c3ccccc32)cc1F. The summed E-state index contributed by atoms with van der Waals surface area (Å²) in [4.78, 5) is 13.9. The number of likely N-dealkylation sites (N-methyl/N-ethyl adjacent to an activating group) is 1. The van der Waals surface area contributed by atoms with Gasteiger partial charge in [0.1, 0.15) is 0 Å². The van der Waals surface area contributed by atoms with Crippen LogP contribution in [0.5, 0.6) is 5.75 Å². The van der Waals surface area contributed by atoms with E-state index in [1.807, 2.05) is 24.3 Å². The predicted octanol–water partition coefficient (Wildman–Crippen LogP) is 3.35. The number of halogens is 1. The van der Waals surface area contributed by atoms with Crippen LogP contribution in [0, 0.1) is 5.82 Å². The average Bonchev–Trinajstić information content (AvgIpc) is 2.73. The van der Waals surface area contributed by atoms with Gasteiger partial charge in [-0.3, -0.25) is 4.79 Å². The van der Waals surface area contributed by atoms with Gasteiger partial charge in [0.15, 0.2) is 11.6 Å². The molecule has 0 saturated carbocycles. The number of ether oxygens (including phenoxy) is 1. The second-order valence-electron chi connectivity index (χ2n) is 4.83. The van der Waals surface area contributed by atoms with Crippen molar-refractivity contribution in [2.24, 2.45) is 0 Å². The third-order valence-electron chi connectivity index (χ3n) is 3.58. The van der Waals surface area contributed by atoms with Gasteiger partial charge in [-0.15, -0.1) is 0 Å². The summed E-state index contributed by atoms with van der Waals surface area (Å²) < 4.78 is 18.6. The topological polar surface area (TPSA) is 29.5 Å². The van der Waals surface area contributed by atoms with Crippen LogP contribution in [0.1, 0.15) is 11.1 Å². The number of nitrogens with zero attached hydrogens (tertiary/aromatic N) is 1. The molecule has 1 aliphatic rings. The molecule has 1 heterocycles. The molecule has 21 heavy (non-hydrogen) atoms. The first-order valence-electron chi connectivity index (χ1n) is 6.54. The molecule has 1 aliphatic heterocycles. The lowest BCUT2D eigenvalue weighted by molar-refractivity contribution is -0.112. The molecule has 0 saturated heterocycles. The van der Waals surface area contributed by atoms with E-state index >= 15 is 0 Å². The Labute approximate surface area is 122 Å². The molecule has 3 nitrogen and oxygen atoms in total. The zero-order valence-corrected chi connectivity index (χ0v) is 11.8. The lowest BCUT2D eigenvalue weighted by Crippen LogP contribution is -2.20. The maximum Gasteiger partial charge on any atom is 0.258 e. The zero-order valence-electron chi connectivity index (χ0n) is 11.8. The first kappa shape index (κ1) is 13.4. The summed E-state index contributed by atoms with van der Waals surface area (Å²) >= 11 is 0. The Morgan fingerprint density at radius 1 is 1.19 bits per heavy atom. The van der Waals surface area contributed by atoms with Crippen molar-refractivity contribution in [3.8, 4) is 5.75 Å². The number of hydrogen-bond acceptors (Lipinski definition) is 2. The van der Waals surface area contributed by atoms with Crippen LogP contribution in [0.2, 0.25) is 0 Å². The van der Waals surface area contributed by atoms with Crippen molar-refractivity contribution in [3.05, 3.63) is 59.4 Å². The van der Waals surface area contributed by atoms with E-state index in [1.54, 1.807) is 30.2 Å². The van der Waals surface area contributed by atoms with Gasteiger partial charge in [0.2, 0.25) is 0 Å². The minimum Gasteiger partial charge on any atom is -0.494 e. The van der Waals surface area contributed by atoms with Crippen molar-refractivity contribution < 1.29 is 13.9 Å². The average molecular weight is 283 g/mol. The number of benzene rings is 2. The Balaban J connectivity index is 2.08. The molecule has 0 aliphatic carbocycles. The van der Waals surface area contributed by atoms with Crippen molar-refractivity contribution in [2.45, 2.75) is 0 Å². The van der Waals surface area contributed by atoms with Crippen molar-refractivity contribution in [1.29, 1.82) is 0 Å². The molecule has 1 amide bonds. The highest BCUT2D eigenvalue weighted by Crippen LogP contribution is 2.36. The van der Waals surface area contributed by atoms with Gasteiger partial charge in [0, 0.05) is 18.2 Å². The summed E-state index contributed by atoms with van der Waals surface area (Å²) in [5.74, 6) is -0.348. The largest absolute Gasteiger partial charge is 0.494 e. The molecule has 0 unspecified atom stereocenters. The molecule has 0 aromatic heterocycles. The Hall–Kier alpha value is -2.62. The Morgan fingerprint density at radius 2 is 1.95 bits per heavy atom. The maximum atomic E-state index is 13.7. The van der Waals surface area contributed by atoms with Gasteiger partial charge >= 0.3 is 0 Å². The summed E-state index contributed by atoms with van der Waals surface area (Å²) in [5, 5.41) is 0. The number of anilines is 1. The third-order valence-corrected chi connectivity index (χ3v) is 3.58. The van der Waals surface area contributed by atoms with Crippen LogP contribution in [0.4, 0.5) is 10.1 Å². The molecule has 4 heteroatoms. The number of para-hydroxylation sites is 1. The van der Waals surface area contributed by atoms with Crippen molar-refractivity contribution in [3.63, 3.8) is 0 Å². The Kier molecular flexibility index (Phi) is 3.22. The molecule has 0 spiro atoms. The first-order valence-corrected chi connectivity index (χ1v) is 6.54. The maximum absolute atomic E-state index is 13.7. The molecule has 0 radical (unpaired) electrons. The Bertz CT molecular complexity index is 752. The van der Waals surface area contributed by atoms with Gasteiger partial charge in [-0.25, -0.2) is 4.39 Å². The van der Waals surface area contributed by atoms with Crippen LogP contribution < -0.4 is 9.64 Å². The number of carbonyl (C=O) groups is 1. The quantitative estimate of drug-likeness (QED) is 0.791. The fourth-order valence-electron chi connectivity index (χ4n) is 2.48. The minimum absolute atomic E-state index is 0.0903. The van der Waals surface area contributed by atoms with Crippen LogP contribution in [-0.2, 0) is 4.79 Å². The van der Waals surface area contributed by atoms with Crippen LogP contribution in [0.15, 0.2) is 42.5 Å². The van der Waals surface area contributed by atoms with Crippen LogP contribution in [0.25, 0.3) is 11.6 Å². The summed E-state index contributed by atoms with van der Waals surface area (Å²) in [6, 6.07) is 12.2. The number of rotatable bonds is 2. The zero-order chi connectivity index (χ0) is 15.0. The lowest BCUT2D eigenvalue weighted by atomic mass is 10.0. The van der Waals surface area contributed by atoms with Crippen molar-refractivity contribution >= 4 is 23.2 Å². The molecular formula is C17H14FNO2. The normalized spacial score (nSPS) is 15.5. The molecule has 0 atom stereocenters. The van der Waals surface area contributed by atoms with E-state index < -0.39 is 5.82 Å². The number of carbonyl (C=O) groups excluding carboxylic acids is 1. The second-order valence-corrected chi connectivity index (χ2v) is 4.83. The fraction of sp³-hybridized carbons (Fsp3) is 0.118. The molecule has 0 N–H and O–H groups in total. The van der Waals surface area contributed by atoms with E-state index in [2.05, 4.69) is 0 Å². The number of fused-ring (bicyclic) bond motifs is 1. The number of hydrogen-bond donors (Lipinski definition) is 0. The molecule has 2 aromatic carbocycles. The van der Waals surface area contributed by atoms with Crippen LogP contribution in [-0.4, -0.2) is 20.1 Å². The fourth-order valence-corrected chi connectivity index (χ4v) is 2.48. The van der Waals surface area contributed by atoms with Gasteiger partial charge in [-0.1, -0.05) is 24.3 Å². The molecule has 2 aromatic rings. The summed E-state index contributed by atoms with van der Waals surface area (Å²) in [6.45, 7) is 0. The highest BCUT2D eigenvalue weighted by Gasteiger charge is 2.28. The number of methoxy groups -OCH3 is 1. The van der Waals surface area contributed by atoms with Crippen LogP contribution >= 0.6 is 0 Å². The van der Waals surface area contributed by atoms with Gasteiger partial charge in [0.25, 0.3) is 5.91 Å². The molecule has 3 rings (SSSR count). The van der Waals surface area contributed by atoms with Gasteiger partial charge < -0.3 is 9.64 Å². The summed E-state index contributed by atoms with van der Waals surface area (Å²) in [6.07, 6.45) is 1.70. The monoisotopic (exact) mass is 283 g/mol. The Morgan fingerprint density at radius 3 is 2.67 bits per heavy atom. The van der Waals surface area contributed by atoms with Crippen molar-refractivity contribution in [2.75, 3.05) is 19.1 Å². The van der Waals surface area contributed by atoms with Crippen molar-refractivity contribution in [1.82, 2.24) is 0 Å². The van der Waals surface area contributed by atoms with E-state index in [0.717, 1.165) is 11.3 Å². The van der Waals surface area contributed by atoms with E-state index in [1.165, 1.54) is 13.2 Å². The first-order chi connectivity index (χ1) is 10.1. The van der Waals surface area contributed by atoms with E-state index in [4.69, 9.17) is 4.74 Å². The summed E-state index contributed by atoms with van der Waals surface area (Å²) in [7, 11) is 3.15. The molecule has 0 fully saturated rings. The number of amides is 1. The van der Waals surface area contributed by atoms with Gasteiger partial charge in [0.05, 0.1) is 12.8 Å². The highest BCUT2D eigenvalue weighted by atomic mass is 19.1. The van der Waals surface area contributed by atoms with Gasteiger partial charge in [-0.05, 0) is 29.8 Å². The smallest absolute Gasteiger partial charge is 0.258 e. The standard InChI is InChI=1S/C17H14FNO2/c1-19-15-6-4-3-5-12(15)13(17(19)20)9-11-7-8-16(21-2)14(18)10-11/h3-10H,1-2H3/b13-9+. The van der Waals surface area contributed by atoms with E-state index in [9.17, 15) is 9.18 Å². The third kappa shape index (κ3) is 2.18. The van der Waals surface area contributed by atoms with E-state index in [0.29, 0.717) is 11.1 Å². The second kappa shape index (κ2) is 5.05. The van der Waals surface area contributed by atoms with Crippen LogP contribution in [0.3, 0.4) is 0 Å². The van der Waals surface area contributed by atoms with E-state index in [-0.39, 0.29) is 11.7 Å². The van der Waals surface area contributed by atoms with Gasteiger partial charge in [-0.2, -0.15) is 0 Å². The predicted molar refractivity (Wildman–Crippen MR) is 80.7 cm³/mol. The lowest BCUT2D eigenvalue weighted by Gasteiger charge is -2.08. The summed E-state index contributed by atoms with van der Waals surface area (Å²) in [5.41, 5.74) is 2.92. The highest BCUT2D eigenvalue weighted by molar-refractivity contribution is 6.35. The molecule has 0 bridgehead atoms.